The van der Waals surface area contributed by atoms with Crippen molar-refractivity contribution < 1.29 is 10.2 Å². The van der Waals surface area contributed by atoms with Gasteiger partial charge >= 0.3 is 0 Å². The molecule has 0 aromatic heterocycles. The molecule has 0 saturated heterocycles. The van der Waals surface area contributed by atoms with Crippen LogP contribution in [0.4, 0.5) is 0 Å². The van der Waals surface area contributed by atoms with Crippen LogP contribution in [0.25, 0.3) is 0 Å². The molecule has 80 valence electrons. The van der Waals surface area contributed by atoms with Crippen LogP contribution < -0.4 is 0 Å². The first-order valence-electron chi connectivity index (χ1n) is 5.87. The molecule has 4 rings (SSSR count). The molecule has 0 radical (unpaired) electrons. The molecule has 0 atom stereocenters. The fraction of sp³-hybridized carbons (Fsp3) is 1.00. The normalized spacial score (nSPS) is 66.0. The van der Waals surface area contributed by atoms with Crippen molar-refractivity contribution in [2.75, 3.05) is 0 Å². The molecular formula is C12H20O2. The van der Waals surface area contributed by atoms with Gasteiger partial charge in [-0.1, -0.05) is 0 Å². The van der Waals surface area contributed by atoms with Gasteiger partial charge in [0.05, 0.1) is 11.2 Å². The molecule has 0 spiro atoms. The van der Waals surface area contributed by atoms with Gasteiger partial charge in [0, 0.05) is 0 Å². The summed E-state index contributed by atoms with van der Waals surface area (Å²) in [6.07, 6.45) is 4.14. The summed E-state index contributed by atoms with van der Waals surface area (Å²) in [6.45, 7) is 4.02. The highest BCUT2D eigenvalue weighted by Gasteiger charge is 2.61. The fourth-order valence-corrected chi connectivity index (χ4v) is 4.33. The third-order valence-corrected chi connectivity index (χ3v) is 5.58. The van der Waals surface area contributed by atoms with Crippen LogP contribution in [0.2, 0.25) is 0 Å². The van der Waals surface area contributed by atoms with Crippen LogP contribution >= 0.6 is 0 Å². The maximum atomic E-state index is 10.4. The van der Waals surface area contributed by atoms with E-state index in [1.807, 2.05) is 13.8 Å². The minimum absolute atomic E-state index is 0.441. The Hall–Kier alpha value is -0.0800. The molecule has 2 nitrogen and oxygen atoms in total. The number of aliphatic hydroxyl groups is 2. The lowest BCUT2D eigenvalue weighted by atomic mass is 9.46. The minimum atomic E-state index is -0.441. The summed E-state index contributed by atoms with van der Waals surface area (Å²) >= 11 is 0. The second-order valence-electron chi connectivity index (χ2n) is 6.18. The van der Waals surface area contributed by atoms with Gasteiger partial charge in [-0.25, -0.2) is 0 Å². The lowest BCUT2D eigenvalue weighted by Crippen LogP contribution is -2.64. The van der Waals surface area contributed by atoms with Crippen LogP contribution in [0.3, 0.4) is 0 Å². The molecule has 4 fully saturated rings. The first-order chi connectivity index (χ1) is 6.42. The van der Waals surface area contributed by atoms with E-state index in [4.69, 9.17) is 0 Å². The molecule has 0 aromatic carbocycles. The minimum Gasteiger partial charge on any atom is -0.390 e. The molecule has 4 saturated carbocycles. The number of rotatable bonds is 0. The number of hydrogen-bond acceptors (Lipinski definition) is 2. The van der Waals surface area contributed by atoms with Gasteiger partial charge in [0.25, 0.3) is 0 Å². The van der Waals surface area contributed by atoms with Crippen molar-refractivity contribution in [3.63, 3.8) is 0 Å². The van der Waals surface area contributed by atoms with Gasteiger partial charge in [-0.05, 0) is 63.2 Å². The summed E-state index contributed by atoms with van der Waals surface area (Å²) < 4.78 is 0. The quantitative estimate of drug-likeness (QED) is 0.617. The fourth-order valence-electron chi connectivity index (χ4n) is 4.33. The summed E-state index contributed by atoms with van der Waals surface area (Å²) in [4.78, 5) is 0. The highest BCUT2D eigenvalue weighted by atomic mass is 16.3. The average Bonchev–Trinajstić information content (AvgIpc) is 1.98. The van der Waals surface area contributed by atoms with Gasteiger partial charge in [-0.15, -0.1) is 0 Å². The van der Waals surface area contributed by atoms with E-state index in [1.165, 1.54) is 0 Å². The molecule has 2 N–H and O–H groups in total. The van der Waals surface area contributed by atoms with Crippen molar-refractivity contribution in [2.45, 2.75) is 50.7 Å². The Morgan fingerprint density at radius 1 is 0.714 bits per heavy atom. The smallest absolute Gasteiger partial charge is 0.0676 e. The second kappa shape index (κ2) is 2.35. The zero-order chi connectivity index (χ0) is 10.1. The van der Waals surface area contributed by atoms with Gasteiger partial charge in [-0.3, -0.25) is 0 Å². The summed E-state index contributed by atoms with van der Waals surface area (Å²) in [6, 6.07) is 0. The van der Waals surface area contributed by atoms with Crippen molar-refractivity contribution in [1.82, 2.24) is 0 Å². The van der Waals surface area contributed by atoms with Crippen LogP contribution in [0, 0.1) is 23.7 Å². The third kappa shape index (κ3) is 0.892. The van der Waals surface area contributed by atoms with Crippen molar-refractivity contribution in [1.29, 1.82) is 0 Å². The van der Waals surface area contributed by atoms with Gasteiger partial charge in [-0.2, -0.15) is 0 Å². The Bertz CT molecular complexity index is 209. The van der Waals surface area contributed by atoms with E-state index < -0.39 is 11.2 Å². The topological polar surface area (TPSA) is 40.5 Å². The van der Waals surface area contributed by atoms with E-state index in [2.05, 4.69) is 0 Å². The highest BCUT2D eigenvalue weighted by Crippen LogP contribution is 2.61. The lowest BCUT2D eigenvalue weighted by Gasteiger charge is -2.63. The third-order valence-electron chi connectivity index (χ3n) is 5.58. The van der Waals surface area contributed by atoms with E-state index in [0.717, 1.165) is 25.7 Å². The van der Waals surface area contributed by atoms with Crippen molar-refractivity contribution in [3.05, 3.63) is 0 Å². The molecule has 0 unspecified atom stereocenters. The lowest BCUT2D eigenvalue weighted by molar-refractivity contribution is -0.233. The molecule has 0 aliphatic heterocycles. The monoisotopic (exact) mass is 196 g/mol. The SMILES string of the molecule is CC1(O)C2CC3CC1CC(C2)C3(C)O. The molecule has 0 heterocycles. The maximum Gasteiger partial charge on any atom is 0.0676 e. The Labute approximate surface area is 85.3 Å². The predicted octanol–water partition coefficient (Wildman–Crippen LogP) is 1.55. The highest BCUT2D eigenvalue weighted by molar-refractivity contribution is 5.12. The molecule has 14 heavy (non-hydrogen) atoms. The first-order valence-corrected chi connectivity index (χ1v) is 5.87. The largest absolute Gasteiger partial charge is 0.390 e. The molecule has 4 aliphatic rings. The average molecular weight is 196 g/mol. The van der Waals surface area contributed by atoms with Gasteiger partial charge in [0.2, 0.25) is 0 Å². The summed E-state index contributed by atoms with van der Waals surface area (Å²) in [5.41, 5.74) is -0.882. The Morgan fingerprint density at radius 3 is 1.14 bits per heavy atom. The second-order valence-corrected chi connectivity index (χ2v) is 6.18. The summed E-state index contributed by atoms with van der Waals surface area (Å²) in [7, 11) is 0. The van der Waals surface area contributed by atoms with Gasteiger partial charge in [0.1, 0.15) is 0 Å². The van der Waals surface area contributed by atoms with Crippen LogP contribution in [0.1, 0.15) is 39.5 Å². The van der Waals surface area contributed by atoms with E-state index in [-0.39, 0.29) is 0 Å². The van der Waals surface area contributed by atoms with E-state index in [0.29, 0.717) is 23.7 Å². The van der Waals surface area contributed by atoms with Crippen molar-refractivity contribution in [3.8, 4) is 0 Å². The zero-order valence-electron chi connectivity index (χ0n) is 9.03. The van der Waals surface area contributed by atoms with Gasteiger partial charge < -0.3 is 10.2 Å². The summed E-state index contributed by atoms with van der Waals surface area (Å²) in [5.74, 6) is 1.80. The van der Waals surface area contributed by atoms with E-state index in [9.17, 15) is 10.2 Å². The van der Waals surface area contributed by atoms with Crippen LogP contribution in [-0.2, 0) is 0 Å². The molecule has 2 heteroatoms. The maximum absolute atomic E-state index is 10.4. The first kappa shape index (κ1) is 9.17. The molecule has 4 bridgehead atoms. The standard InChI is InChI=1S/C12H20O2/c1-11(13)7-3-9-5-8(11)6-10(4-7)12(9,2)14/h7-10,13-14H,3-6H2,1-2H3. The molecule has 0 amide bonds. The summed E-state index contributed by atoms with van der Waals surface area (Å²) in [5, 5.41) is 20.8. The molecule has 0 aromatic rings. The zero-order valence-corrected chi connectivity index (χ0v) is 9.03. The van der Waals surface area contributed by atoms with E-state index in [1.54, 1.807) is 0 Å². The Balaban J connectivity index is 1.98. The van der Waals surface area contributed by atoms with Crippen LogP contribution in [0.15, 0.2) is 0 Å². The number of hydrogen-bond donors (Lipinski definition) is 2. The Morgan fingerprint density at radius 2 is 0.929 bits per heavy atom. The van der Waals surface area contributed by atoms with Crippen LogP contribution in [-0.4, -0.2) is 21.4 Å². The predicted molar refractivity (Wildman–Crippen MR) is 53.7 cm³/mol. The van der Waals surface area contributed by atoms with E-state index >= 15 is 0 Å². The van der Waals surface area contributed by atoms with Crippen molar-refractivity contribution in [2.24, 2.45) is 23.7 Å². The Kier molecular flexibility index (Phi) is 1.54. The molecular weight excluding hydrogens is 176 g/mol. The van der Waals surface area contributed by atoms with Crippen LogP contribution in [0.5, 0.6) is 0 Å². The van der Waals surface area contributed by atoms with Gasteiger partial charge in [0.15, 0.2) is 0 Å². The van der Waals surface area contributed by atoms with Crippen molar-refractivity contribution >= 4 is 0 Å². The molecule has 4 aliphatic carbocycles.